The first-order chi connectivity index (χ1) is 12.3. The van der Waals surface area contributed by atoms with E-state index in [1.54, 1.807) is 0 Å². The number of amides is 1. The molecule has 0 radical (unpaired) electrons. The molecule has 1 rings (SSSR count). The molecule has 0 aliphatic carbocycles. The molecule has 0 unspecified atom stereocenters. The Morgan fingerprint density at radius 3 is 2.35 bits per heavy atom. The summed E-state index contributed by atoms with van der Waals surface area (Å²) in [4.78, 5) is 35.5. The van der Waals surface area contributed by atoms with Crippen LogP contribution >= 0.6 is 0 Å². The lowest BCUT2D eigenvalue weighted by atomic mass is 10.1. The average Bonchev–Trinajstić information content (AvgIpc) is 2.62. The van der Waals surface area contributed by atoms with Crippen molar-refractivity contribution >= 4 is 17.8 Å². The van der Waals surface area contributed by atoms with Gasteiger partial charge in [0.05, 0.1) is 6.42 Å². The first-order valence-corrected chi connectivity index (χ1v) is 8.13. The summed E-state index contributed by atoms with van der Waals surface area (Å²) in [5.41, 5.74) is 5.76. The van der Waals surface area contributed by atoms with Crippen LogP contribution in [0.5, 0.6) is 5.75 Å². The number of nitrogens with zero attached hydrogens (tertiary/aromatic N) is 1. The van der Waals surface area contributed by atoms with Gasteiger partial charge in [0.15, 0.2) is 0 Å². The molecular weight excluding hydrogens is 347 g/mol. The van der Waals surface area contributed by atoms with Crippen LogP contribution in [-0.2, 0) is 9.59 Å². The second-order valence-corrected chi connectivity index (χ2v) is 5.58. The summed E-state index contributed by atoms with van der Waals surface area (Å²) in [6.45, 7) is -0.520. The van der Waals surface area contributed by atoms with E-state index in [1.165, 1.54) is 29.2 Å². The van der Waals surface area contributed by atoms with Gasteiger partial charge in [-0.05, 0) is 37.1 Å². The summed E-state index contributed by atoms with van der Waals surface area (Å²) >= 11 is 0. The maximum atomic E-state index is 12.6. The number of nitrogens with two attached hydrogens (primary N) is 1. The predicted molar refractivity (Wildman–Crippen MR) is 90.9 cm³/mol. The highest BCUT2D eigenvalue weighted by Crippen LogP contribution is 2.15. The van der Waals surface area contributed by atoms with Crippen molar-refractivity contribution in [3.63, 3.8) is 0 Å². The van der Waals surface area contributed by atoms with Gasteiger partial charge in [-0.25, -0.2) is 4.39 Å². The molecule has 1 atom stereocenters. The first kappa shape index (κ1) is 21.4. The van der Waals surface area contributed by atoms with E-state index in [0.717, 1.165) is 0 Å². The number of hydrogen-bond acceptors (Lipinski definition) is 5. The lowest BCUT2D eigenvalue weighted by molar-refractivity contribution is -0.139. The van der Waals surface area contributed by atoms with E-state index in [2.05, 4.69) is 0 Å². The summed E-state index contributed by atoms with van der Waals surface area (Å²) < 4.78 is 17.2. The van der Waals surface area contributed by atoms with Gasteiger partial charge in [-0.2, -0.15) is 0 Å². The summed E-state index contributed by atoms with van der Waals surface area (Å²) in [7, 11) is 0. The van der Waals surface area contributed by atoms with E-state index in [1.807, 2.05) is 0 Å². The third-order valence-electron chi connectivity index (χ3n) is 3.59. The van der Waals surface area contributed by atoms with Crippen LogP contribution in [0.25, 0.3) is 0 Å². The fourth-order valence-electron chi connectivity index (χ4n) is 2.20. The topological polar surface area (TPSA) is 130 Å². The molecule has 0 saturated heterocycles. The van der Waals surface area contributed by atoms with Crippen molar-refractivity contribution in [1.82, 2.24) is 4.90 Å². The number of hydrogen-bond donors (Lipinski definition) is 3. The maximum Gasteiger partial charge on any atom is 0.320 e. The molecule has 0 aliphatic rings. The van der Waals surface area contributed by atoms with Crippen LogP contribution in [0.2, 0.25) is 0 Å². The van der Waals surface area contributed by atoms with Crippen LogP contribution in [0.4, 0.5) is 4.39 Å². The van der Waals surface area contributed by atoms with E-state index in [4.69, 9.17) is 20.7 Å². The van der Waals surface area contributed by atoms with Crippen molar-refractivity contribution in [3.8, 4) is 5.75 Å². The van der Waals surface area contributed by atoms with Gasteiger partial charge in [-0.1, -0.05) is 0 Å². The lowest BCUT2D eigenvalue weighted by Gasteiger charge is -2.22. The summed E-state index contributed by atoms with van der Waals surface area (Å²) in [5, 5.41) is 17.6. The van der Waals surface area contributed by atoms with Crippen LogP contribution in [0.1, 0.15) is 29.6 Å². The Morgan fingerprint density at radius 2 is 1.81 bits per heavy atom. The highest BCUT2D eigenvalue weighted by Gasteiger charge is 2.18. The Kier molecular flexibility index (Phi) is 9.07. The number of alkyl halides is 1. The monoisotopic (exact) mass is 370 g/mol. The van der Waals surface area contributed by atoms with Gasteiger partial charge in [-0.3, -0.25) is 14.4 Å². The average molecular weight is 370 g/mol. The van der Waals surface area contributed by atoms with Crippen LogP contribution in [0.15, 0.2) is 24.3 Å². The molecule has 4 N–H and O–H groups in total. The fourth-order valence-corrected chi connectivity index (χ4v) is 2.20. The molecule has 0 bridgehead atoms. The Morgan fingerprint density at radius 1 is 1.15 bits per heavy atom. The molecule has 0 fully saturated rings. The normalized spacial score (nSPS) is 11.6. The van der Waals surface area contributed by atoms with Crippen molar-refractivity contribution in [3.05, 3.63) is 29.8 Å². The van der Waals surface area contributed by atoms with Gasteiger partial charge < -0.3 is 25.6 Å². The Labute approximate surface area is 150 Å². The van der Waals surface area contributed by atoms with Gasteiger partial charge in [0.25, 0.3) is 5.91 Å². The molecule has 1 aromatic carbocycles. The van der Waals surface area contributed by atoms with Crippen LogP contribution in [0.3, 0.4) is 0 Å². The number of ether oxygens (including phenoxy) is 1. The Bertz CT molecular complexity index is 608. The number of carbonyl (C=O) groups is 3. The minimum atomic E-state index is -1.13. The SMILES string of the molecule is N[C@@H](CCCN(CCC(=O)O)C(=O)c1ccc(OCCF)cc1)C(=O)O. The van der Waals surface area contributed by atoms with Crippen LogP contribution in [-0.4, -0.2) is 65.4 Å². The zero-order chi connectivity index (χ0) is 19.5. The van der Waals surface area contributed by atoms with Gasteiger partial charge in [0, 0.05) is 18.7 Å². The molecule has 1 amide bonds. The fraction of sp³-hybridized carbons (Fsp3) is 0.471. The number of carboxylic acid groups (broad SMARTS) is 2. The molecule has 144 valence electrons. The quantitative estimate of drug-likeness (QED) is 0.503. The van der Waals surface area contributed by atoms with Crippen molar-refractivity contribution in [2.75, 3.05) is 26.4 Å². The highest BCUT2D eigenvalue weighted by molar-refractivity contribution is 5.94. The molecule has 0 aliphatic heterocycles. The van der Waals surface area contributed by atoms with Crippen LogP contribution < -0.4 is 10.5 Å². The third-order valence-corrected chi connectivity index (χ3v) is 3.59. The Hall–Kier alpha value is -2.68. The number of carbonyl (C=O) groups excluding carboxylic acids is 1. The molecular formula is C17H23FN2O6. The standard InChI is InChI=1S/C17H23FN2O6/c18-8-11-26-13-5-3-12(4-6-13)16(23)20(10-7-15(21)22)9-1-2-14(19)17(24)25/h3-6,14H,1-2,7-11,19H2,(H,21,22)(H,24,25)/t14-/m0/s1. The number of carboxylic acids is 2. The third kappa shape index (κ3) is 7.47. The molecule has 0 heterocycles. The van der Waals surface area contributed by atoms with Crippen molar-refractivity contribution < 1.29 is 33.7 Å². The second kappa shape index (κ2) is 11.0. The first-order valence-electron chi connectivity index (χ1n) is 8.13. The summed E-state index contributed by atoms with van der Waals surface area (Å²) in [5.74, 6) is -2.13. The van der Waals surface area contributed by atoms with E-state index < -0.39 is 24.7 Å². The van der Waals surface area contributed by atoms with Crippen LogP contribution in [0, 0.1) is 0 Å². The largest absolute Gasteiger partial charge is 0.491 e. The van der Waals surface area contributed by atoms with Crippen molar-refractivity contribution in [2.45, 2.75) is 25.3 Å². The molecule has 0 aromatic heterocycles. The predicted octanol–water partition coefficient (Wildman–Crippen LogP) is 1.14. The molecule has 0 spiro atoms. The summed E-state index contributed by atoms with van der Waals surface area (Å²) in [6, 6.07) is 5.04. The zero-order valence-electron chi connectivity index (χ0n) is 14.3. The molecule has 26 heavy (non-hydrogen) atoms. The number of aliphatic carboxylic acids is 2. The van der Waals surface area contributed by atoms with Crippen molar-refractivity contribution in [2.24, 2.45) is 5.73 Å². The minimum absolute atomic E-state index is 0.00339. The maximum absolute atomic E-state index is 12.6. The van der Waals surface area contributed by atoms with E-state index in [-0.39, 0.29) is 38.4 Å². The molecule has 0 saturated carbocycles. The van der Waals surface area contributed by atoms with Gasteiger partial charge in [0.1, 0.15) is 25.1 Å². The Balaban J connectivity index is 2.72. The lowest BCUT2D eigenvalue weighted by Crippen LogP contribution is -2.36. The summed E-state index contributed by atoms with van der Waals surface area (Å²) in [6.07, 6.45) is 0.271. The van der Waals surface area contributed by atoms with Gasteiger partial charge >= 0.3 is 11.9 Å². The number of rotatable bonds is 12. The van der Waals surface area contributed by atoms with E-state index in [0.29, 0.717) is 17.7 Å². The van der Waals surface area contributed by atoms with Gasteiger partial charge in [-0.15, -0.1) is 0 Å². The minimum Gasteiger partial charge on any atom is -0.491 e. The second-order valence-electron chi connectivity index (χ2n) is 5.58. The molecule has 8 nitrogen and oxygen atoms in total. The number of halogens is 1. The molecule has 1 aromatic rings. The van der Waals surface area contributed by atoms with Crippen molar-refractivity contribution in [1.29, 1.82) is 0 Å². The smallest absolute Gasteiger partial charge is 0.320 e. The number of benzene rings is 1. The van der Waals surface area contributed by atoms with Gasteiger partial charge in [0.2, 0.25) is 0 Å². The highest BCUT2D eigenvalue weighted by atomic mass is 19.1. The van der Waals surface area contributed by atoms with E-state index in [9.17, 15) is 18.8 Å². The zero-order valence-corrected chi connectivity index (χ0v) is 14.3. The van der Waals surface area contributed by atoms with E-state index >= 15 is 0 Å². The molecule has 9 heteroatoms.